The Labute approximate surface area is 243 Å². The number of nitrogens with one attached hydrogen (secondary N) is 4. The summed E-state index contributed by atoms with van der Waals surface area (Å²) in [6, 6.07) is 13.5. The van der Waals surface area contributed by atoms with Crippen molar-refractivity contribution in [3.05, 3.63) is 71.8 Å². The summed E-state index contributed by atoms with van der Waals surface area (Å²) in [6.45, 7) is 4.18. The SMILES string of the molecule is C[C@H](NC(=O)[C@H](C)NC(=O)[C@H](CCC(=O)OCc1ccccc1)NC(=O)[C@H](C)NC(=O)OCc1ccccc1)C(N)=O. The van der Waals surface area contributed by atoms with Gasteiger partial charge in [0.25, 0.3) is 0 Å². The Morgan fingerprint density at radius 2 is 1.12 bits per heavy atom. The molecule has 0 fully saturated rings. The number of hydrogen-bond donors (Lipinski definition) is 5. The molecule has 6 N–H and O–H groups in total. The lowest BCUT2D eigenvalue weighted by Crippen LogP contribution is -2.56. The first-order valence-corrected chi connectivity index (χ1v) is 13.3. The quantitative estimate of drug-likeness (QED) is 0.190. The van der Waals surface area contributed by atoms with Gasteiger partial charge in [-0.05, 0) is 38.3 Å². The monoisotopic (exact) mass is 583 g/mol. The van der Waals surface area contributed by atoms with Crippen LogP contribution in [-0.4, -0.2) is 59.9 Å². The van der Waals surface area contributed by atoms with Crippen molar-refractivity contribution in [2.75, 3.05) is 0 Å². The second kappa shape index (κ2) is 17.0. The van der Waals surface area contributed by atoms with E-state index >= 15 is 0 Å². The molecule has 2 aromatic rings. The van der Waals surface area contributed by atoms with Gasteiger partial charge in [0.15, 0.2) is 0 Å². The van der Waals surface area contributed by atoms with Gasteiger partial charge in [0.1, 0.15) is 37.4 Å². The van der Waals surface area contributed by atoms with Gasteiger partial charge in [0.2, 0.25) is 23.6 Å². The fraction of sp³-hybridized carbons (Fsp3) is 0.379. The Morgan fingerprint density at radius 1 is 0.643 bits per heavy atom. The zero-order valence-corrected chi connectivity index (χ0v) is 23.8. The van der Waals surface area contributed by atoms with Crippen LogP contribution in [0.3, 0.4) is 0 Å². The van der Waals surface area contributed by atoms with Gasteiger partial charge in [0.05, 0.1) is 0 Å². The van der Waals surface area contributed by atoms with Crippen molar-refractivity contribution < 1.29 is 38.2 Å². The number of amides is 5. The molecule has 0 unspecified atom stereocenters. The Hall–Kier alpha value is -4.94. The molecular weight excluding hydrogens is 546 g/mol. The number of nitrogens with two attached hydrogens (primary N) is 1. The highest BCUT2D eigenvalue weighted by Gasteiger charge is 2.28. The topological polar surface area (TPSA) is 195 Å². The van der Waals surface area contributed by atoms with E-state index in [-0.39, 0.29) is 26.1 Å². The van der Waals surface area contributed by atoms with E-state index in [0.29, 0.717) is 0 Å². The van der Waals surface area contributed by atoms with Gasteiger partial charge in [-0.25, -0.2) is 4.79 Å². The van der Waals surface area contributed by atoms with Crippen LogP contribution in [0.1, 0.15) is 44.7 Å². The minimum absolute atomic E-state index is 0.00847. The number of ether oxygens (including phenoxy) is 2. The van der Waals surface area contributed by atoms with Gasteiger partial charge in [-0.3, -0.25) is 24.0 Å². The van der Waals surface area contributed by atoms with E-state index in [0.717, 1.165) is 11.1 Å². The van der Waals surface area contributed by atoms with E-state index < -0.39 is 59.9 Å². The van der Waals surface area contributed by atoms with E-state index in [1.54, 1.807) is 48.5 Å². The molecule has 0 radical (unpaired) electrons. The molecule has 42 heavy (non-hydrogen) atoms. The van der Waals surface area contributed by atoms with E-state index in [2.05, 4.69) is 21.3 Å². The number of carbonyl (C=O) groups is 6. The molecular formula is C29H37N5O8. The van der Waals surface area contributed by atoms with Crippen molar-refractivity contribution in [3.63, 3.8) is 0 Å². The minimum atomic E-state index is -1.27. The van der Waals surface area contributed by atoms with E-state index in [1.807, 2.05) is 12.1 Å². The van der Waals surface area contributed by atoms with Crippen LogP contribution in [-0.2, 0) is 46.7 Å². The molecule has 0 saturated heterocycles. The lowest BCUT2D eigenvalue weighted by molar-refractivity contribution is -0.145. The molecule has 2 rings (SSSR count). The fourth-order valence-electron chi connectivity index (χ4n) is 3.43. The molecule has 0 aliphatic heterocycles. The molecule has 0 aliphatic rings. The summed E-state index contributed by atoms with van der Waals surface area (Å²) >= 11 is 0. The molecule has 0 aliphatic carbocycles. The highest BCUT2D eigenvalue weighted by Crippen LogP contribution is 2.06. The van der Waals surface area contributed by atoms with Crippen molar-refractivity contribution in [1.82, 2.24) is 21.3 Å². The zero-order chi connectivity index (χ0) is 31.1. The van der Waals surface area contributed by atoms with E-state index in [1.165, 1.54) is 20.8 Å². The maximum atomic E-state index is 13.0. The fourth-order valence-corrected chi connectivity index (χ4v) is 3.43. The average molecular weight is 584 g/mol. The van der Waals surface area contributed by atoms with Gasteiger partial charge in [-0.2, -0.15) is 0 Å². The van der Waals surface area contributed by atoms with Crippen molar-refractivity contribution in [2.24, 2.45) is 5.73 Å². The molecule has 13 heteroatoms. The summed E-state index contributed by atoms with van der Waals surface area (Å²) in [6.07, 6.45) is -1.24. The highest BCUT2D eigenvalue weighted by atomic mass is 16.5. The standard InChI is InChI=1S/C29H37N5O8/c1-18(25(30)36)31-26(37)19(2)32-28(39)23(14-15-24(35)41-16-21-10-6-4-7-11-21)34-27(38)20(3)33-29(40)42-17-22-12-8-5-9-13-22/h4-13,18-20,23H,14-17H2,1-3H3,(H2,30,36)(H,31,37)(H,32,39)(H,33,40)(H,34,38)/t18-,19-,20-,23-/m0/s1. The van der Waals surface area contributed by atoms with Crippen molar-refractivity contribution >= 4 is 35.7 Å². The third-order valence-electron chi connectivity index (χ3n) is 5.99. The summed E-state index contributed by atoms with van der Waals surface area (Å²) in [5.74, 6) is -3.55. The lowest BCUT2D eigenvalue weighted by Gasteiger charge is -2.23. The molecule has 2 aromatic carbocycles. The minimum Gasteiger partial charge on any atom is -0.461 e. The lowest BCUT2D eigenvalue weighted by atomic mass is 10.1. The summed E-state index contributed by atoms with van der Waals surface area (Å²) in [5, 5.41) is 9.68. The summed E-state index contributed by atoms with van der Waals surface area (Å²) in [7, 11) is 0. The van der Waals surface area contributed by atoms with Gasteiger partial charge < -0.3 is 36.5 Å². The van der Waals surface area contributed by atoms with Crippen LogP contribution in [0.15, 0.2) is 60.7 Å². The predicted octanol–water partition coefficient (Wildman–Crippen LogP) is 0.804. The molecule has 0 bridgehead atoms. The predicted molar refractivity (Wildman–Crippen MR) is 151 cm³/mol. The van der Waals surface area contributed by atoms with Crippen LogP contribution in [0.25, 0.3) is 0 Å². The van der Waals surface area contributed by atoms with Crippen molar-refractivity contribution in [3.8, 4) is 0 Å². The average Bonchev–Trinajstić information content (AvgIpc) is 2.97. The maximum Gasteiger partial charge on any atom is 0.408 e. The molecule has 0 aromatic heterocycles. The van der Waals surface area contributed by atoms with Crippen LogP contribution < -0.4 is 27.0 Å². The van der Waals surface area contributed by atoms with Gasteiger partial charge in [0, 0.05) is 6.42 Å². The van der Waals surface area contributed by atoms with Crippen molar-refractivity contribution in [1.29, 1.82) is 0 Å². The highest BCUT2D eigenvalue weighted by molar-refractivity contribution is 5.95. The van der Waals surface area contributed by atoms with Crippen molar-refractivity contribution in [2.45, 2.75) is 71.0 Å². The molecule has 13 nitrogen and oxygen atoms in total. The number of primary amides is 1. The first kappa shape index (κ1) is 33.3. The van der Waals surface area contributed by atoms with Gasteiger partial charge in [-0.1, -0.05) is 60.7 Å². The van der Waals surface area contributed by atoms with Crippen LogP contribution in [0.4, 0.5) is 4.79 Å². The summed E-state index contributed by atoms with van der Waals surface area (Å²) in [4.78, 5) is 74.1. The smallest absolute Gasteiger partial charge is 0.408 e. The molecule has 0 saturated carbocycles. The molecule has 0 heterocycles. The third-order valence-corrected chi connectivity index (χ3v) is 5.99. The number of hydrogen-bond acceptors (Lipinski definition) is 8. The Kier molecular flexibility index (Phi) is 13.5. The van der Waals surface area contributed by atoms with Crippen LogP contribution in [0.5, 0.6) is 0 Å². The van der Waals surface area contributed by atoms with Crippen LogP contribution >= 0.6 is 0 Å². The summed E-state index contributed by atoms with van der Waals surface area (Å²) in [5.41, 5.74) is 6.69. The largest absolute Gasteiger partial charge is 0.461 e. The first-order valence-electron chi connectivity index (χ1n) is 13.3. The second-order valence-corrected chi connectivity index (χ2v) is 9.54. The number of carbonyl (C=O) groups excluding carboxylic acids is 6. The number of rotatable bonds is 15. The van der Waals surface area contributed by atoms with Crippen LogP contribution in [0.2, 0.25) is 0 Å². The Morgan fingerprint density at radius 3 is 1.67 bits per heavy atom. The first-order chi connectivity index (χ1) is 20.0. The Bertz CT molecular complexity index is 1230. The second-order valence-electron chi connectivity index (χ2n) is 9.54. The molecule has 0 spiro atoms. The number of esters is 1. The third kappa shape index (κ3) is 12.1. The molecule has 4 atom stereocenters. The normalized spacial score (nSPS) is 13.3. The van der Waals surface area contributed by atoms with E-state index in [9.17, 15) is 28.8 Å². The Balaban J connectivity index is 1.98. The maximum absolute atomic E-state index is 13.0. The molecule has 5 amide bonds. The number of benzene rings is 2. The van der Waals surface area contributed by atoms with Gasteiger partial charge >= 0.3 is 12.1 Å². The zero-order valence-electron chi connectivity index (χ0n) is 23.8. The van der Waals surface area contributed by atoms with Gasteiger partial charge in [-0.15, -0.1) is 0 Å². The molecule has 226 valence electrons. The van der Waals surface area contributed by atoms with E-state index in [4.69, 9.17) is 15.2 Å². The van der Waals surface area contributed by atoms with Crippen LogP contribution in [0, 0.1) is 0 Å². The summed E-state index contributed by atoms with van der Waals surface area (Å²) < 4.78 is 10.4. The number of alkyl carbamates (subject to hydrolysis) is 1.